The van der Waals surface area contributed by atoms with E-state index in [9.17, 15) is 14.0 Å². The van der Waals surface area contributed by atoms with Crippen molar-refractivity contribution < 1.29 is 14.0 Å². The molecule has 1 saturated heterocycles. The maximum atomic E-state index is 13.8. The van der Waals surface area contributed by atoms with Gasteiger partial charge in [-0.1, -0.05) is 54.6 Å². The smallest absolute Gasteiger partial charge is 0.251 e. The Kier molecular flexibility index (Phi) is 4.62. The lowest BCUT2D eigenvalue weighted by Crippen LogP contribution is -2.47. The molecule has 1 fully saturated rings. The topological polar surface area (TPSA) is 56.4 Å². The van der Waals surface area contributed by atoms with Crippen LogP contribution in [0, 0.1) is 5.82 Å². The van der Waals surface area contributed by atoms with E-state index < -0.39 is 11.9 Å². The lowest BCUT2D eigenvalue weighted by molar-refractivity contribution is -0.123. The first-order valence-corrected chi connectivity index (χ1v) is 11.1. The highest BCUT2D eigenvalue weighted by molar-refractivity contribution is 6.22. The molecule has 0 saturated carbocycles. The van der Waals surface area contributed by atoms with Crippen LogP contribution >= 0.6 is 0 Å². The second-order valence-corrected chi connectivity index (χ2v) is 8.63. The van der Waals surface area contributed by atoms with Gasteiger partial charge in [0.2, 0.25) is 5.91 Å². The maximum Gasteiger partial charge on any atom is 0.251 e. The number of aromatic amines is 1. The summed E-state index contributed by atoms with van der Waals surface area (Å²) in [6.07, 6.45) is 0.856. The van der Waals surface area contributed by atoms with Gasteiger partial charge >= 0.3 is 0 Å². The molecule has 0 spiro atoms. The largest absolute Gasteiger partial charge is 0.357 e. The van der Waals surface area contributed by atoms with Crippen molar-refractivity contribution in [2.75, 3.05) is 11.4 Å². The Morgan fingerprint density at radius 2 is 1.70 bits per heavy atom. The second-order valence-electron chi connectivity index (χ2n) is 8.63. The van der Waals surface area contributed by atoms with E-state index in [-0.39, 0.29) is 30.0 Å². The number of anilines is 1. The first-order chi connectivity index (χ1) is 16.1. The molecule has 0 bridgehead atoms. The third-order valence-corrected chi connectivity index (χ3v) is 6.78. The van der Waals surface area contributed by atoms with Crippen molar-refractivity contribution in [1.29, 1.82) is 0 Å². The number of benzene rings is 3. The number of para-hydroxylation sites is 1. The molecule has 2 aliphatic heterocycles. The van der Waals surface area contributed by atoms with Crippen LogP contribution in [0.4, 0.5) is 10.1 Å². The molecule has 6 heteroatoms. The van der Waals surface area contributed by atoms with Crippen LogP contribution < -0.4 is 4.90 Å². The Morgan fingerprint density at radius 3 is 2.52 bits per heavy atom. The Morgan fingerprint density at radius 1 is 0.909 bits per heavy atom. The fourth-order valence-corrected chi connectivity index (χ4v) is 5.35. The predicted octanol–water partition coefficient (Wildman–Crippen LogP) is 4.59. The number of amides is 2. The van der Waals surface area contributed by atoms with Crippen LogP contribution in [0.25, 0.3) is 10.9 Å². The zero-order valence-corrected chi connectivity index (χ0v) is 17.9. The van der Waals surface area contributed by atoms with Gasteiger partial charge in [-0.3, -0.25) is 14.5 Å². The molecule has 0 aliphatic carbocycles. The van der Waals surface area contributed by atoms with Crippen molar-refractivity contribution in [1.82, 2.24) is 9.88 Å². The number of nitrogens with one attached hydrogen (secondary N) is 1. The highest BCUT2D eigenvalue weighted by Gasteiger charge is 2.47. The molecule has 1 N–H and O–H groups in total. The minimum absolute atomic E-state index is 0.0776. The van der Waals surface area contributed by atoms with Crippen molar-refractivity contribution in [2.45, 2.75) is 24.9 Å². The Balaban J connectivity index is 1.44. The van der Waals surface area contributed by atoms with Gasteiger partial charge in [-0.25, -0.2) is 9.29 Å². The summed E-state index contributed by atoms with van der Waals surface area (Å²) in [4.78, 5) is 33.3. The average Bonchev–Trinajstić information content (AvgIpc) is 3.35. The van der Waals surface area contributed by atoms with Gasteiger partial charge < -0.3 is 4.98 Å². The van der Waals surface area contributed by atoms with Crippen molar-refractivity contribution in [3.8, 4) is 0 Å². The summed E-state index contributed by atoms with van der Waals surface area (Å²) >= 11 is 0. The molecule has 0 radical (unpaired) electrons. The summed E-state index contributed by atoms with van der Waals surface area (Å²) < 4.78 is 13.8. The number of hydrogen-bond acceptors (Lipinski definition) is 3. The minimum atomic E-state index is -0.606. The number of nitrogens with zero attached hydrogens (tertiary/aromatic N) is 2. The van der Waals surface area contributed by atoms with Gasteiger partial charge in [-0.2, -0.15) is 0 Å². The Bertz CT molecular complexity index is 1380. The van der Waals surface area contributed by atoms with Gasteiger partial charge in [0.05, 0.1) is 24.2 Å². The third kappa shape index (κ3) is 3.17. The summed E-state index contributed by atoms with van der Waals surface area (Å²) in [5.41, 5.74) is 4.74. The monoisotopic (exact) mass is 439 g/mol. The van der Waals surface area contributed by atoms with Crippen molar-refractivity contribution in [3.63, 3.8) is 0 Å². The molecule has 0 unspecified atom stereocenters. The van der Waals surface area contributed by atoms with Crippen LogP contribution in [-0.4, -0.2) is 34.3 Å². The third-order valence-electron chi connectivity index (χ3n) is 6.78. The normalized spacial score (nSPS) is 21.1. The molecular weight excluding hydrogens is 417 g/mol. The van der Waals surface area contributed by atoms with E-state index in [1.807, 2.05) is 30.3 Å². The van der Waals surface area contributed by atoms with E-state index in [0.29, 0.717) is 6.54 Å². The number of aromatic nitrogens is 1. The molecule has 4 aromatic rings. The molecule has 3 aromatic carbocycles. The SMILES string of the molecule is O=C1C[C@H](N2CCc3c([nH]c4ccccc34)[C@H]2c2ccccc2)C(=O)N1c1cccc(F)c1. The molecule has 5 nitrogen and oxygen atoms in total. The molecule has 2 amide bonds. The number of fused-ring (bicyclic) bond motifs is 3. The van der Waals surface area contributed by atoms with E-state index in [1.54, 1.807) is 6.07 Å². The van der Waals surface area contributed by atoms with Crippen molar-refractivity contribution >= 4 is 28.4 Å². The van der Waals surface area contributed by atoms with Crippen LogP contribution in [0.5, 0.6) is 0 Å². The second kappa shape index (κ2) is 7.67. The summed E-state index contributed by atoms with van der Waals surface area (Å²) in [5, 5.41) is 1.20. The number of H-pyrrole nitrogens is 1. The highest BCUT2D eigenvalue weighted by Crippen LogP contribution is 2.41. The summed E-state index contributed by atoms with van der Waals surface area (Å²) in [5.74, 6) is -1.07. The van der Waals surface area contributed by atoms with Crippen LogP contribution in [0.3, 0.4) is 0 Å². The first kappa shape index (κ1) is 19.9. The maximum absolute atomic E-state index is 13.8. The fourth-order valence-electron chi connectivity index (χ4n) is 5.35. The number of carbonyl (C=O) groups is 2. The summed E-state index contributed by atoms with van der Waals surface area (Å²) in [7, 11) is 0. The predicted molar refractivity (Wildman–Crippen MR) is 124 cm³/mol. The zero-order valence-electron chi connectivity index (χ0n) is 17.9. The van der Waals surface area contributed by atoms with Crippen LogP contribution in [0.2, 0.25) is 0 Å². The lowest BCUT2D eigenvalue weighted by atomic mass is 9.90. The summed E-state index contributed by atoms with van der Waals surface area (Å²) in [6, 6.07) is 23.2. The zero-order chi connectivity index (χ0) is 22.5. The molecule has 6 rings (SSSR count). The summed E-state index contributed by atoms with van der Waals surface area (Å²) in [6.45, 7) is 0.648. The fraction of sp³-hybridized carbons (Fsp3) is 0.185. The van der Waals surface area contributed by atoms with Crippen molar-refractivity contribution in [3.05, 3.63) is 102 Å². The molecular formula is C27H22FN3O2. The standard InChI is InChI=1S/C27H22FN3O2/c28-18-9-6-10-19(15-18)31-24(32)16-23(27(31)33)30-14-13-21-20-11-4-5-12-22(20)29-25(21)26(30)17-7-2-1-3-8-17/h1-12,15,23,26,29H,13-14,16H2/t23-,26+/m0/s1. The van der Waals surface area contributed by atoms with Gasteiger partial charge in [0, 0.05) is 23.1 Å². The van der Waals surface area contributed by atoms with E-state index >= 15 is 0 Å². The van der Waals surface area contributed by atoms with E-state index in [2.05, 4.69) is 34.1 Å². The Labute approximate surface area is 190 Å². The van der Waals surface area contributed by atoms with Gasteiger partial charge in [0.1, 0.15) is 5.82 Å². The lowest BCUT2D eigenvalue weighted by Gasteiger charge is -2.39. The van der Waals surface area contributed by atoms with Gasteiger partial charge in [-0.05, 0) is 41.8 Å². The number of imide groups is 1. The van der Waals surface area contributed by atoms with Crippen LogP contribution in [0.1, 0.15) is 29.3 Å². The number of halogens is 1. The van der Waals surface area contributed by atoms with Crippen LogP contribution in [0.15, 0.2) is 78.9 Å². The molecule has 33 heavy (non-hydrogen) atoms. The van der Waals surface area contributed by atoms with Gasteiger partial charge in [0.25, 0.3) is 5.91 Å². The van der Waals surface area contributed by atoms with E-state index in [4.69, 9.17) is 0 Å². The minimum Gasteiger partial charge on any atom is -0.357 e. The molecule has 3 heterocycles. The van der Waals surface area contributed by atoms with Crippen molar-refractivity contribution in [2.24, 2.45) is 0 Å². The molecule has 2 aliphatic rings. The number of rotatable bonds is 3. The first-order valence-electron chi connectivity index (χ1n) is 11.1. The average molecular weight is 439 g/mol. The van der Waals surface area contributed by atoms with E-state index in [1.165, 1.54) is 29.1 Å². The van der Waals surface area contributed by atoms with Gasteiger partial charge in [-0.15, -0.1) is 0 Å². The highest BCUT2D eigenvalue weighted by atomic mass is 19.1. The number of hydrogen-bond donors (Lipinski definition) is 1. The quantitative estimate of drug-likeness (QED) is 0.475. The molecule has 164 valence electrons. The van der Waals surface area contributed by atoms with E-state index in [0.717, 1.165) is 28.1 Å². The number of carbonyl (C=O) groups excluding carboxylic acids is 2. The van der Waals surface area contributed by atoms with Gasteiger partial charge in [0.15, 0.2) is 0 Å². The Hall–Kier alpha value is -3.77. The molecule has 2 atom stereocenters. The van der Waals surface area contributed by atoms with Crippen LogP contribution in [-0.2, 0) is 16.0 Å². The molecule has 1 aromatic heterocycles.